The molecule has 0 N–H and O–H groups in total. The van der Waals surface area contributed by atoms with Crippen molar-refractivity contribution in [2.24, 2.45) is 11.3 Å². The van der Waals surface area contributed by atoms with Gasteiger partial charge in [0.05, 0.1) is 5.38 Å². The molecule has 0 aliphatic heterocycles. The summed E-state index contributed by atoms with van der Waals surface area (Å²) in [5.74, 6) is 1.25. The van der Waals surface area contributed by atoms with Crippen molar-refractivity contribution in [3.63, 3.8) is 0 Å². The minimum absolute atomic E-state index is 0.163. The SMILES string of the molecule is CCC(C)c1ccc(C(Cl)C2CCCCC2(C)C)cc1. The molecule has 2 rings (SSSR count). The summed E-state index contributed by atoms with van der Waals surface area (Å²) in [6, 6.07) is 9.05. The molecule has 112 valence electrons. The Morgan fingerprint density at radius 1 is 1.15 bits per heavy atom. The molecule has 0 spiro atoms. The van der Waals surface area contributed by atoms with Gasteiger partial charge in [-0.1, -0.05) is 64.8 Å². The second-order valence-electron chi connectivity index (χ2n) is 7.22. The summed E-state index contributed by atoms with van der Waals surface area (Å²) in [6.45, 7) is 9.31. The maximum Gasteiger partial charge on any atom is 0.0618 e. The number of hydrogen-bond acceptors (Lipinski definition) is 0. The number of alkyl halides is 1. The van der Waals surface area contributed by atoms with Crippen molar-refractivity contribution in [3.8, 4) is 0 Å². The highest BCUT2D eigenvalue weighted by Crippen LogP contribution is 2.49. The van der Waals surface area contributed by atoms with Crippen LogP contribution < -0.4 is 0 Å². The highest BCUT2D eigenvalue weighted by Gasteiger charge is 2.37. The minimum Gasteiger partial charge on any atom is -0.118 e. The van der Waals surface area contributed by atoms with E-state index in [4.69, 9.17) is 11.6 Å². The first-order chi connectivity index (χ1) is 9.45. The lowest BCUT2D eigenvalue weighted by atomic mass is 9.66. The van der Waals surface area contributed by atoms with Gasteiger partial charge in [-0.05, 0) is 47.6 Å². The van der Waals surface area contributed by atoms with Gasteiger partial charge < -0.3 is 0 Å². The van der Waals surface area contributed by atoms with Crippen LogP contribution >= 0.6 is 11.6 Å². The van der Waals surface area contributed by atoms with E-state index < -0.39 is 0 Å². The van der Waals surface area contributed by atoms with Crippen LogP contribution in [0.5, 0.6) is 0 Å². The van der Waals surface area contributed by atoms with E-state index >= 15 is 0 Å². The molecule has 0 bridgehead atoms. The zero-order chi connectivity index (χ0) is 14.8. The van der Waals surface area contributed by atoms with Crippen molar-refractivity contribution in [1.82, 2.24) is 0 Å². The fourth-order valence-corrected chi connectivity index (χ4v) is 4.15. The molecular weight excluding hydrogens is 264 g/mol. The number of rotatable bonds is 4. The van der Waals surface area contributed by atoms with Gasteiger partial charge in [-0.2, -0.15) is 0 Å². The van der Waals surface area contributed by atoms with E-state index in [-0.39, 0.29) is 5.38 Å². The lowest BCUT2D eigenvalue weighted by Gasteiger charge is -2.41. The number of halogens is 1. The van der Waals surface area contributed by atoms with Crippen molar-refractivity contribution >= 4 is 11.6 Å². The lowest BCUT2D eigenvalue weighted by molar-refractivity contribution is 0.133. The van der Waals surface area contributed by atoms with E-state index in [0.29, 0.717) is 17.3 Å². The Hall–Kier alpha value is -0.490. The first-order valence-corrected chi connectivity index (χ1v) is 8.63. The van der Waals surface area contributed by atoms with Crippen molar-refractivity contribution in [2.75, 3.05) is 0 Å². The van der Waals surface area contributed by atoms with Crippen molar-refractivity contribution in [2.45, 2.75) is 71.1 Å². The first kappa shape index (κ1) is 15.9. The molecule has 20 heavy (non-hydrogen) atoms. The molecule has 3 atom stereocenters. The van der Waals surface area contributed by atoms with Crippen LogP contribution in [0.3, 0.4) is 0 Å². The third kappa shape index (κ3) is 3.39. The van der Waals surface area contributed by atoms with Crippen molar-refractivity contribution < 1.29 is 0 Å². The van der Waals surface area contributed by atoms with E-state index in [1.165, 1.54) is 43.2 Å². The van der Waals surface area contributed by atoms with E-state index in [9.17, 15) is 0 Å². The zero-order valence-electron chi connectivity index (χ0n) is 13.5. The Kier molecular flexibility index (Phi) is 5.18. The van der Waals surface area contributed by atoms with Crippen LogP contribution in [0.1, 0.15) is 82.2 Å². The third-order valence-electron chi connectivity index (χ3n) is 5.38. The van der Waals surface area contributed by atoms with Crippen molar-refractivity contribution in [3.05, 3.63) is 35.4 Å². The fourth-order valence-electron chi connectivity index (χ4n) is 3.54. The average Bonchev–Trinajstić information content (AvgIpc) is 2.45. The van der Waals surface area contributed by atoms with Crippen LogP contribution in [0.25, 0.3) is 0 Å². The molecule has 1 aromatic rings. The molecule has 1 aromatic carbocycles. The molecule has 0 heterocycles. The van der Waals surface area contributed by atoms with Gasteiger partial charge in [-0.3, -0.25) is 0 Å². The molecule has 1 heteroatoms. The predicted molar refractivity (Wildman–Crippen MR) is 89.5 cm³/mol. The Morgan fingerprint density at radius 3 is 2.30 bits per heavy atom. The van der Waals surface area contributed by atoms with E-state index in [2.05, 4.69) is 52.0 Å². The van der Waals surface area contributed by atoms with Gasteiger partial charge in [0.25, 0.3) is 0 Å². The highest BCUT2D eigenvalue weighted by molar-refractivity contribution is 6.21. The van der Waals surface area contributed by atoms with Crippen LogP contribution in [0.4, 0.5) is 0 Å². The summed E-state index contributed by atoms with van der Waals surface area (Å²) in [5.41, 5.74) is 3.11. The predicted octanol–water partition coefficient (Wildman–Crippen LogP) is 6.70. The third-order valence-corrected chi connectivity index (χ3v) is 5.94. The molecule has 0 radical (unpaired) electrons. The van der Waals surface area contributed by atoms with Gasteiger partial charge in [-0.25, -0.2) is 0 Å². The van der Waals surface area contributed by atoms with Crippen LogP contribution in [0.15, 0.2) is 24.3 Å². The van der Waals surface area contributed by atoms with Crippen LogP contribution in [0, 0.1) is 11.3 Å². The van der Waals surface area contributed by atoms with Crippen LogP contribution in [-0.4, -0.2) is 0 Å². The summed E-state index contributed by atoms with van der Waals surface area (Å²) in [4.78, 5) is 0. The molecular formula is C19H29Cl. The van der Waals surface area contributed by atoms with Gasteiger partial charge in [0.2, 0.25) is 0 Å². The monoisotopic (exact) mass is 292 g/mol. The van der Waals surface area contributed by atoms with E-state index in [1.807, 2.05) is 0 Å². The molecule has 1 aliphatic rings. The molecule has 1 saturated carbocycles. The quantitative estimate of drug-likeness (QED) is 0.542. The van der Waals surface area contributed by atoms with Crippen LogP contribution in [0.2, 0.25) is 0 Å². The molecule has 1 aliphatic carbocycles. The fraction of sp³-hybridized carbons (Fsp3) is 0.684. The normalized spacial score (nSPS) is 25.1. The number of benzene rings is 1. The molecule has 3 unspecified atom stereocenters. The maximum atomic E-state index is 6.84. The highest BCUT2D eigenvalue weighted by atomic mass is 35.5. The molecule has 0 saturated heterocycles. The topological polar surface area (TPSA) is 0 Å². The molecule has 0 amide bonds. The summed E-state index contributed by atoms with van der Waals surface area (Å²) in [5, 5.41) is 0.163. The Bertz CT molecular complexity index is 418. The van der Waals surface area contributed by atoms with Gasteiger partial charge in [0, 0.05) is 0 Å². The standard InChI is InChI=1S/C19H29Cl/c1-5-14(2)15-9-11-16(12-10-15)18(20)17-8-6-7-13-19(17,3)4/h9-12,14,17-18H,5-8,13H2,1-4H3. The molecule has 0 nitrogen and oxygen atoms in total. The lowest BCUT2D eigenvalue weighted by Crippen LogP contribution is -2.30. The van der Waals surface area contributed by atoms with Gasteiger partial charge in [0.1, 0.15) is 0 Å². The first-order valence-electron chi connectivity index (χ1n) is 8.19. The molecule has 0 aromatic heterocycles. The smallest absolute Gasteiger partial charge is 0.0618 e. The van der Waals surface area contributed by atoms with Gasteiger partial charge >= 0.3 is 0 Å². The second kappa shape index (κ2) is 6.52. The average molecular weight is 293 g/mol. The second-order valence-corrected chi connectivity index (χ2v) is 7.69. The zero-order valence-corrected chi connectivity index (χ0v) is 14.2. The summed E-state index contributed by atoms with van der Waals surface area (Å²) < 4.78 is 0. The minimum atomic E-state index is 0.163. The Morgan fingerprint density at radius 2 is 1.75 bits per heavy atom. The summed E-state index contributed by atoms with van der Waals surface area (Å²) in [7, 11) is 0. The molecule has 1 fully saturated rings. The number of hydrogen-bond donors (Lipinski definition) is 0. The maximum absolute atomic E-state index is 6.84. The van der Waals surface area contributed by atoms with E-state index in [0.717, 1.165) is 0 Å². The van der Waals surface area contributed by atoms with Gasteiger partial charge in [0.15, 0.2) is 0 Å². The van der Waals surface area contributed by atoms with Gasteiger partial charge in [-0.15, -0.1) is 11.6 Å². The Balaban J connectivity index is 2.14. The summed E-state index contributed by atoms with van der Waals surface area (Å²) >= 11 is 6.84. The van der Waals surface area contributed by atoms with Crippen molar-refractivity contribution in [1.29, 1.82) is 0 Å². The largest absolute Gasteiger partial charge is 0.118 e. The Labute approximate surface area is 129 Å². The summed E-state index contributed by atoms with van der Waals surface area (Å²) in [6.07, 6.45) is 6.47. The van der Waals surface area contributed by atoms with Crippen LogP contribution in [-0.2, 0) is 0 Å². The van der Waals surface area contributed by atoms with E-state index in [1.54, 1.807) is 0 Å².